The van der Waals surface area contributed by atoms with E-state index in [2.05, 4.69) is 12.2 Å². The first kappa shape index (κ1) is 8.52. The lowest BCUT2D eigenvalue weighted by Gasteiger charge is -2.37. The minimum absolute atomic E-state index is 0.604. The highest BCUT2D eigenvalue weighted by atomic mass is 16.5. The van der Waals surface area contributed by atoms with Crippen LogP contribution in [0.2, 0.25) is 0 Å². The van der Waals surface area contributed by atoms with Crippen LogP contribution in [-0.2, 0) is 4.74 Å². The maximum atomic E-state index is 5.42. The molecule has 2 heteroatoms. The van der Waals surface area contributed by atoms with Gasteiger partial charge in [-0.2, -0.15) is 0 Å². The highest BCUT2D eigenvalue weighted by Crippen LogP contribution is 2.42. The van der Waals surface area contributed by atoms with Gasteiger partial charge in [-0.05, 0) is 30.7 Å². The van der Waals surface area contributed by atoms with E-state index in [4.69, 9.17) is 4.74 Å². The zero-order valence-corrected chi connectivity index (χ0v) is 7.94. The topological polar surface area (TPSA) is 21.3 Å². The third-order valence-electron chi connectivity index (χ3n) is 3.72. The molecule has 2 nitrogen and oxygen atoms in total. The third kappa shape index (κ3) is 1.27. The summed E-state index contributed by atoms with van der Waals surface area (Å²) >= 11 is 0. The molecule has 0 aromatic carbocycles. The Labute approximate surface area is 74.7 Å². The molecule has 1 spiro atoms. The van der Waals surface area contributed by atoms with Crippen molar-refractivity contribution in [2.45, 2.75) is 26.2 Å². The molecule has 0 aromatic heterocycles. The van der Waals surface area contributed by atoms with E-state index in [1.54, 1.807) is 0 Å². The molecule has 2 fully saturated rings. The van der Waals surface area contributed by atoms with Crippen LogP contribution < -0.4 is 5.32 Å². The Morgan fingerprint density at radius 2 is 2.17 bits per heavy atom. The van der Waals surface area contributed by atoms with Gasteiger partial charge in [0.15, 0.2) is 0 Å². The molecule has 1 N–H and O–H groups in total. The highest BCUT2D eigenvalue weighted by Gasteiger charge is 2.42. The molecule has 0 aromatic rings. The molecule has 1 atom stereocenters. The first-order valence-electron chi connectivity index (χ1n) is 5.16. The quantitative estimate of drug-likeness (QED) is 0.641. The smallest absolute Gasteiger partial charge is 0.0471 e. The van der Waals surface area contributed by atoms with Gasteiger partial charge in [0.1, 0.15) is 0 Å². The molecule has 1 unspecified atom stereocenters. The van der Waals surface area contributed by atoms with E-state index in [-0.39, 0.29) is 0 Å². The number of nitrogens with one attached hydrogen (secondary N) is 1. The highest BCUT2D eigenvalue weighted by molar-refractivity contribution is 4.95. The minimum atomic E-state index is 0.604. The van der Waals surface area contributed by atoms with Gasteiger partial charge in [-0.25, -0.2) is 0 Å². The monoisotopic (exact) mass is 169 g/mol. The Morgan fingerprint density at radius 1 is 1.42 bits per heavy atom. The Hall–Kier alpha value is -0.0800. The van der Waals surface area contributed by atoms with Gasteiger partial charge in [-0.15, -0.1) is 0 Å². The molecule has 2 aliphatic rings. The zero-order valence-electron chi connectivity index (χ0n) is 7.94. The zero-order chi connectivity index (χ0) is 8.44. The van der Waals surface area contributed by atoms with Crippen LogP contribution in [0, 0.1) is 11.3 Å². The van der Waals surface area contributed by atoms with Gasteiger partial charge < -0.3 is 10.1 Å². The van der Waals surface area contributed by atoms with Gasteiger partial charge in [0.25, 0.3) is 0 Å². The van der Waals surface area contributed by atoms with Gasteiger partial charge >= 0.3 is 0 Å². The molecule has 0 radical (unpaired) electrons. The molecule has 0 bridgehead atoms. The molecule has 2 heterocycles. The maximum absolute atomic E-state index is 5.42. The maximum Gasteiger partial charge on any atom is 0.0471 e. The Kier molecular flexibility index (Phi) is 2.37. The van der Waals surface area contributed by atoms with Crippen molar-refractivity contribution in [3.8, 4) is 0 Å². The SMILES string of the molecule is CCC1CNCC12CCOCC2. The van der Waals surface area contributed by atoms with E-state index in [1.807, 2.05) is 0 Å². The second-order valence-electron chi connectivity index (χ2n) is 4.21. The van der Waals surface area contributed by atoms with Crippen LogP contribution in [0.15, 0.2) is 0 Å². The summed E-state index contributed by atoms with van der Waals surface area (Å²) in [5.74, 6) is 0.904. The molecule has 2 rings (SSSR count). The van der Waals surface area contributed by atoms with Crippen molar-refractivity contribution < 1.29 is 4.74 Å². The summed E-state index contributed by atoms with van der Waals surface area (Å²) in [4.78, 5) is 0. The Bertz CT molecular complexity index is 152. The third-order valence-corrected chi connectivity index (χ3v) is 3.72. The van der Waals surface area contributed by atoms with Crippen LogP contribution in [0.5, 0.6) is 0 Å². The normalized spacial score (nSPS) is 34.2. The molecule has 2 aliphatic heterocycles. The van der Waals surface area contributed by atoms with Crippen LogP contribution in [-0.4, -0.2) is 26.3 Å². The first-order valence-corrected chi connectivity index (χ1v) is 5.16. The second kappa shape index (κ2) is 3.35. The van der Waals surface area contributed by atoms with Gasteiger partial charge in [0.2, 0.25) is 0 Å². The molecule has 12 heavy (non-hydrogen) atoms. The van der Waals surface area contributed by atoms with Gasteiger partial charge in [-0.3, -0.25) is 0 Å². The summed E-state index contributed by atoms with van der Waals surface area (Å²) in [6, 6.07) is 0. The van der Waals surface area contributed by atoms with E-state index < -0.39 is 0 Å². The van der Waals surface area contributed by atoms with Crippen molar-refractivity contribution in [3.63, 3.8) is 0 Å². The first-order chi connectivity index (χ1) is 5.87. The van der Waals surface area contributed by atoms with Gasteiger partial charge in [0.05, 0.1) is 0 Å². The molecule has 70 valence electrons. The molecule has 0 saturated carbocycles. The lowest BCUT2D eigenvalue weighted by molar-refractivity contribution is 0.00189. The minimum Gasteiger partial charge on any atom is -0.381 e. The standard InChI is InChI=1S/C10H19NO/c1-2-9-7-11-8-10(9)3-5-12-6-4-10/h9,11H,2-8H2,1H3. The number of hydrogen-bond donors (Lipinski definition) is 1. The summed E-state index contributed by atoms with van der Waals surface area (Å²) in [5, 5.41) is 3.53. The fourth-order valence-corrected chi connectivity index (χ4v) is 2.80. The van der Waals surface area contributed by atoms with E-state index in [1.165, 1.54) is 32.4 Å². The lowest BCUT2D eigenvalue weighted by atomic mass is 9.71. The van der Waals surface area contributed by atoms with E-state index in [0.717, 1.165) is 19.1 Å². The molecule has 2 saturated heterocycles. The van der Waals surface area contributed by atoms with Crippen molar-refractivity contribution in [1.82, 2.24) is 5.32 Å². The van der Waals surface area contributed by atoms with E-state index in [9.17, 15) is 0 Å². The summed E-state index contributed by atoms with van der Waals surface area (Å²) in [5.41, 5.74) is 0.604. The van der Waals surface area contributed by atoms with Crippen molar-refractivity contribution in [2.24, 2.45) is 11.3 Å². The average Bonchev–Trinajstić information content (AvgIpc) is 2.49. The predicted molar refractivity (Wildman–Crippen MR) is 49.1 cm³/mol. The largest absolute Gasteiger partial charge is 0.381 e. The molecular weight excluding hydrogens is 150 g/mol. The molecule has 0 aliphatic carbocycles. The summed E-state index contributed by atoms with van der Waals surface area (Å²) in [7, 11) is 0. The number of ether oxygens (including phenoxy) is 1. The summed E-state index contributed by atoms with van der Waals surface area (Å²) < 4.78 is 5.42. The van der Waals surface area contributed by atoms with Crippen molar-refractivity contribution in [3.05, 3.63) is 0 Å². The van der Waals surface area contributed by atoms with Gasteiger partial charge in [-0.1, -0.05) is 13.3 Å². The van der Waals surface area contributed by atoms with Crippen LogP contribution in [0.3, 0.4) is 0 Å². The van der Waals surface area contributed by atoms with E-state index >= 15 is 0 Å². The Balaban J connectivity index is 2.05. The average molecular weight is 169 g/mol. The van der Waals surface area contributed by atoms with Crippen molar-refractivity contribution in [2.75, 3.05) is 26.3 Å². The van der Waals surface area contributed by atoms with Crippen molar-refractivity contribution in [1.29, 1.82) is 0 Å². The fourth-order valence-electron chi connectivity index (χ4n) is 2.80. The van der Waals surface area contributed by atoms with E-state index in [0.29, 0.717) is 5.41 Å². The summed E-state index contributed by atoms with van der Waals surface area (Å²) in [6.45, 7) is 6.75. The van der Waals surface area contributed by atoms with Crippen LogP contribution in [0.1, 0.15) is 26.2 Å². The summed E-state index contributed by atoms with van der Waals surface area (Å²) in [6.07, 6.45) is 3.88. The van der Waals surface area contributed by atoms with Gasteiger partial charge in [0, 0.05) is 19.8 Å². The van der Waals surface area contributed by atoms with Crippen LogP contribution in [0.25, 0.3) is 0 Å². The lowest BCUT2D eigenvalue weighted by Crippen LogP contribution is -2.36. The Morgan fingerprint density at radius 3 is 2.83 bits per heavy atom. The molecular formula is C10H19NO. The molecule has 0 amide bonds. The predicted octanol–water partition coefficient (Wildman–Crippen LogP) is 1.41. The van der Waals surface area contributed by atoms with Crippen LogP contribution in [0.4, 0.5) is 0 Å². The number of rotatable bonds is 1. The number of hydrogen-bond acceptors (Lipinski definition) is 2. The fraction of sp³-hybridized carbons (Fsp3) is 1.00. The second-order valence-corrected chi connectivity index (χ2v) is 4.21. The van der Waals surface area contributed by atoms with Crippen LogP contribution >= 0.6 is 0 Å². The van der Waals surface area contributed by atoms with Crippen molar-refractivity contribution >= 4 is 0 Å².